The molecule has 2 aliphatic rings. The normalized spacial score (nSPS) is 23.8. The number of nitrogens with two attached hydrogens (primary N) is 1. The van der Waals surface area contributed by atoms with Crippen LogP contribution in [-0.2, 0) is 20.0 Å². The van der Waals surface area contributed by atoms with Gasteiger partial charge in [-0.05, 0) is 43.9 Å². The van der Waals surface area contributed by atoms with E-state index in [1.54, 1.807) is 0 Å². The van der Waals surface area contributed by atoms with Crippen LogP contribution < -0.4 is 5.73 Å². The van der Waals surface area contributed by atoms with Crippen LogP contribution in [0.5, 0.6) is 0 Å². The highest BCUT2D eigenvalue weighted by Crippen LogP contribution is 2.28. The van der Waals surface area contributed by atoms with Crippen LogP contribution in [0.3, 0.4) is 0 Å². The average molecular weight is 374 g/mol. The largest absolute Gasteiger partial charge is 0.329 e. The summed E-state index contributed by atoms with van der Waals surface area (Å²) in [6.07, 6.45) is 3.18. The maximum absolute atomic E-state index is 12.9. The van der Waals surface area contributed by atoms with E-state index < -0.39 is 20.0 Å². The molecule has 9 heteroatoms. The molecule has 2 aliphatic heterocycles. The summed E-state index contributed by atoms with van der Waals surface area (Å²) in [5.41, 5.74) is 5.67. The molecule has 2 N–H and O–H groups in total. The fourth-order valence-corrected chi connectivity index (χ4v) is 6.76. The number of rotatable bonds is 5. The summed E-state index contributed by atoms with van der Waals surface area (Å²) < 4.78 is 53.8. The smallest absolute Gasteiger partial charge is 0.243 e. The molecule has 1 aromatic rings. The zero-order chi connectivity index (χ0) is 17.4. The van der Waals surface area contributed by atoms with Crippen molar-refractivity contribution in [2.45, 2.75) is 41.5 Å². The van der Waals surface area contributed by atoms with Crippen molar-refractivity contribution in [2.24, 2.45) is 5.73 Å². The fraction of sp³-hybridized carbons (Fsp3) is 0.600. The molecule has 0 saturated carbocycles. The van der Waals surface area contributed by atoms with Crippen molar-refractivity contribution < 1.29 is 16.8 Å². The first-order valence-electron chi connectivity index (χ1n) is 8.19. The summed E-state index contributed by atoms with van der Waals surface area (Å²) in [7, 11) is -7.37. The van der Waals surface area contributed by atoms with Crippen LogP contribution in [0.15, 0.2) is 34.1 Å². The van der Waals surface area contributed by atoms with Gasteiger partial charge >= 0.3 is 0 Å². The van der Waals surface area contributed by atoms with Gasteiger partial charge in [-0.15, -0.1) is 0 Å². The average Bonchev–Trinajstić information content (AvgIpc) is 3.26. The molecule has 0 aromatic heterocycles. The van der Waals surface area contributed by atoms with Crippen molar-refractivity contribution in [2.75, 3.05) is 26.2 Å². The zero-order valence-corrected chi connectivity index (χ0v) is 15.1. The molecule has 0 bridgehead atoms. The third kappa shape index (κ3) is 3.11. The molecule has 0 aliphatic carbocycles. The van der Waals surface area contributed by atoms with E-state index >= 15 is 0 Å². The van der Waals surface area contributed by atoms with E-state index in [-0.39, 0.29) is 22.4 Å². The molecule has 1 aromatic carbocycles. The Bertz CT molecular complexity index is 802. The third-order valence-corrected chi connectivity index (χ3v) is 8.55. The lowest BCUT2D eigenvalue weighted by Gasteiger charge is -2.23. The molecule has 3 rings (SSSR count). The maximum atomic E-state index is 12.9. The van der Waals surface area contributed by atoms with Gasteiger partial charge in [0.1, 0.15) is 0 Å². The van der Waals surface area contributed by atoms with Gasteiger partial charge in [0.25, 0.3) is 0 Å². The molecule has 24 heavy (non-hydrogen) atoms. The first-order valence-corrected chi connectivity index (χ1v) is 11.1. The predicted molar refractivity (Wildman–Crippen MR) is 90.4 cm³/mol. The number of nitrogens with zero attached hydrogens (tertiary/aromatic N) is 2. The van der Waals surface area contributed by atoms with E-state index in [1.165, 1.54) is 32.9 Å². The van der Waals surface area contributed by atoms with Crippen molar-refractivity contribution in [3.8, 4) is 0 Å². The van der Waals surface area contributed by atoms with Gasteiger partial charge in [0.15, 0.2) is 0 Å². The standard InChI is InChI=1S/C15H23N3O4S2/c16-12-13-5-4-10-18(13)24(21,22)15-7-3-6-14(11-15)23(19,20)17-8-1-2-9-17/h3,6-7,11,13H,1-2,4-5,8-10,12,16H2. The lowest BCUT2D eigenvalue weighted by atomic mass is 10.2. The highest BCUT2D eigenvalue weighted by atomic mass is 32.2. The highest BCUT2D eigenvalue weighted by Gasteiger charge is 2.35. The van der Waals surface area contributed by atoms with Crippen LogP contribution in [0.25, 0.3) is 0 Å². The van der Waals surface area contributed by atoms with Crippen molar-refractivity contribution in [1.29, 1.82) is 0 Å². The predicted octanol–water partition coefficient (Wildman–Crippen LogP) is 0.583. The molecule has 7 nitrogen and oxygen atoms in total. The second-order valence-electron chi connectivity index (χ2n) is 6.23. The molecule has 134 valence electrons. The highest BCUT2D eigenvalue weighted by molar-refractivity contribution is 7.90. The minimum atomic E-state index is -3.74. The Morgan fingerprint density at radius 1 is 0.958 bits per heavy atom. The van der Waals surface area contributed by atoms with Crippen LogP contribution in [-0.4, -0.2) is 57.7 Å². The van der Waals surface area contributed by atoms with Gasteiger partial charge in [-0.1, -0.05) is 6.07 Å². The first kappa shape index (κ1) is 17.8. The summed E-state index contributed by atoms with van der Waals surface area (Å²) in [6.45, 7) is 1.67. The molecule has 2 fully saturated rings. The zero-order valence-electron chi connectivity index (χ0n) is 13.5. The molecule has 1 atom stereocenters. The summed E-state index contributed by atoms with van der Waals surface area (Å²) in [4.78, 5) is 0.0529. The van der Waals surface area contributed by atoms with Crippen molar-refractivity contribution in [3.63, 3.8) is 0 Å². The van der Waals surface area contributed by atoms with Crippen molar-refractivity contribution in [3.05, 3.63) is 24.3 Å². The van der Waals surface area contributed by atoms with Crippen molar-refractivity contribution in [1.82, 2.24) is 8.61 Å². The Morgan fingerprint density at radius 2 is 1.58 bits per heavy atom. The molecule has 0 spiro atoms. The Kier molecular flexibility index (Phi) is 4.99. The van der Waals surface area contributed by atoms with Crippen molar-refractivity contribution >= 4 is 20.0 Å². The lowest BCUT2D eigenvalue weighted by Crippen LogP contribution is -2.39. The Morgan fingerprint density at radius 3 is 2.21 bits per heavy atom. The minimum Gasteiger partial charge on any atom is -0.329 e. The Balaban J connectivity index is 1.96. The lowest BCUT2D eigenvalue weighted by molar-refractivity contribution is 0.393. The monoisotopic (exact) mass is 373 g/mol. The van der Waals surface area contributed by atoms with Gasteiger partial charge in [0.05, 0.1) is 9.79 Å². The van der Waals surface area contributed by atoms with E-state index in [1.807, 2.05) is 0 Å². The molecule has 0 radical (unpaired) electrons. The molecule has 0 amide bonds. The number of hydrogen-bond donors (Lipinski definition) is 1. The van der Waals surface area contributed by atoms with Crippen LogP contribution >= 0.6 is 0 Å². The van der Waals surface area contributed by atoms with Crippen LogP contribution in [0, 0.1) is 0 Å². The van der Waals surface area contributed by atoms with E-state index in [0.717, 1.165) is 25.7 Å². The van der Waals surface area contributed by atoms with Crippen LogP contribution in [0.4, 0.5) is 0 Å². The topological polar surface area (TPSA) is 101 Å². The summed E-state index contributed by atoms with van der Waals surface area (Å²) in [5, 5.41) is 0. The van der Waals surface area contributed by atoms with Crippen LogP contribution in [0.2, 0.25) is 0 Å². The molecular formula is C15H23N3O4S2. The molecule has 1 unspecified atom stereocenters. The van der Waals surface area contributed by atoms with Gasteiger partial charge in [0.2, 0.25) is 20.0 Å². The SMILES string of the molecule is NCC1CCCN1S(=O)(=O)c1cccc(S(=O)(=O)N2CCCC2)c1. The minimum absolute atomic E-state index is 0.0168. The summed E-state index contributed by atoms with van der Waals surface area (Å²) >= 11 is 0. The molecule has 2 heterocycles. The van der Waals surface area contributed by atoms with Gasteiger partial charge in [-0.25, -0.2) is 16.8 Å². The Labute approximate surface area is 143 Å². The fourth-order valence-electron chi connectivity index (χ4n) is 3.37. The number of benzene rings is 1. The van der Waals surface area contributed by atoms with Gasteiger partial charge < -0.3 is 5.73 Å². The second-order valence-corrected chi connectivity index (χ2v) is 10.1. The van der Waals surface area contributed by atoms with E-state index in [2.05, 4.69) is 0 Å². The quantitative estimate of drug-likeness (QED) is 0.814. The van der Waals surface area contributed by atoms with Crippen LogP contribution in [0.1, 0.15) is 25.7 Å². The molecule has 2 saturated heterocycles. The summed E-state index contributed by atoms with van der Waals surface area (Å²) in [5.74, 6) is 0. The number of hydrogen-bond acceptors (Lipinski definition) is 5. The van der Waals surface area contributed by atoms with E-state index in [4.69, 9.17) is 5.73 Å². The van der Waals surface area contributed by atoms with E-state index in [0.29, 0.717) is 19.6 Å². The second kappa shape index (κ2) is 6.72. The number of sulfonamides is 2. The van der Waals surface area contributed by atoms with Gasteiger partial charge in [0, 0.05) is 32.2 Å². The van der Waals surface area contributed by atoms with Gasteiger partial charge in [-0.2, -0.15) is 8.61 Å². The first-order chi connectivity index (χ1) is 11.4. The van der Waals surface area contributed by atoms with E-state index in [9.17, 15) is 16.8 Å². The Hall–Kier alpha value is -1.00. The third-order valence-electron chi connectivity index (χ3n) is 4.71. The van der Waals surface area contributed by atoms with Gasteiger partial charge in [-0.3, -0.25) is 0 Å². The summed E-state index contributed by atoms with van der Waals surface area (Å²) in [6, 6.07) is 5.45. The molecular weight excluding hydrogens is 350 g/mol. The maximum Gasteiger partial charge on any atom is 0.243 e.